The monoisotopic (exact) mass is 360 g/mol. The van der Waals surface area contributed by atoms with Gasteiger partial charge in [0.2, 0.25) is 0 Å². The Labute approximate surface area is 146 Å². The second-order valence-corrected chi connectivity index (χ2v) is 8.24. The summed E-state index contributed by atoms with van der Waals surface area (Å²) in [4.78, 5) is 0.177. The van der Waals surface area contributed by atoms with Crippen LogP contribution in [0.3, 0.4) is 0 Å². The normalized spacial score (nSPS) is 14.8. The van der Waals surface area contributed by atoms with Crippen LogP contribution in [0.25, 0.3) is 10.9 Å². The molecule has 0 aliphatic carbocycles. The van der Waals surface area contributed by atoms with Gasteiger partial charge in [-0.3, -0.25) is 0 Å². The van der Waals surface area contributed by atoms with Gasteiger partial charge in [-0.05, 0) is 48.7 Å². The Balaban J connectivity index is 2.04. The van der Waals surface area contributed by atoms with Gasteiger partial charge in [0.25, 0.3) is 10.0 Å². The van der Waals surface area contributed by atoms with E-state index in [1.165, 1.54) is 3.97 Å². The van der Waals surface area contributed by atoms with Gasteiger partial charge < -0.3 is 5.32 Å². The lowest BCUT2D eigenvalue weighted by Crippen LogP contribution is -2.16. The second kappa shape index (κ2) is 5.62. The molecule has 4 nitrogen and oxygen atoms in total. The average molecular weight is 361 g/mol. The fourth-order valence-corrected chi connectivity index (χ4v) is 5.62. The summed E-state index contributed by atoms with van der Waals surface area (Å²) >= 11 is 6.22. The fourth-order valence-electron chi connectivity index (χ4n) is 3.44. The van der Waals surface area contributed by atoms with Crippen molar-refractivity contribution >= 4 is 32.5 Å². The molecule has 6 heteroatoms. The van der Waals surface area contributed by atoms with Gasteiger partial charge in [0.05, 0.1) is 10.5 Å². The molecule has 1 aromatic heterocycles. The van der Waals surface area contributed by atoms with E-state index >= 15 is 0 Å². The number of halogens is 1. The molecular formula is C18H17ClN2O2S. The number of nitrogens with zero attached hydrogens (tertiary/aromatic N) is 1. The van der Waals surface area contributed by atoms with E-state index in [1.807, 2.05) is 18.2 Å². The second-order valence-electron chi connectivity index (χ2n) is 6.08. The maximum atomic E-state index is 13.3. The molecule has 0 unspecified atom stereocenters. The summed E-state index contributed by atoms with van der Waals surface area (Å²) in [6, 6.07) is 11.0. The molecule has 0 spiro atoms. The molecule has 1 aliphatic heterocycles. The van der Waals surface area contributed by atoms with E-state index in [0.29, 0.717) is 11.1 Å². The van der Waals surface area contributed by atoms with Crippen molar-refractivity contribution in [3.05, 3.63) is 64.3 Å². The van der Waals surface area contributed by atoms with Crippen molar-refractivity contribution in [3.63, 3.8) is 0 Å². The molecule has 24 heavy (non-hydrogen) atoms. The topological polar surface area (TPSA) is 51.1 Å². The smallest absolute Gasteiger partial charge is 0.269 e. The van der Waals surface area contributed by atoms with Crippen molar-refractivity contribution in [1.82, 2.24) is 9.29 Å². The molecule has 0 bridgehead atoms. The van der Waals surface area contributed by atoms with Gasteiger partial charge in [-0.2, -0.15) is 0 Å². The molecule has 0 atom stereocenters. The van der Waals surface area contributed by atoms with E-state index in [9.17, 15) is 8.42 Å². The van der Waals surface area contributed by atoms with Crippen LogP contribution < -0.4 is 5.32 Å². The van der Waals surface area contributed by atoms with E-state index in [-0.39, 0.29) is 9.92 Å². The van der Waals surface area contributed by atoms with Crippen LogP contribution in [0.1, 0.15) is 16.7 Å². The number of benzene rings is 2. The fraction of sp³-hybridized carbons (Fsp3) is 0.222. The van der Waals surface area contributed by atoms with E-state index in [0.717, 1.165) is 36.0 Å². The highest BCUT2D eigenvalue weighted by atomic mass is 35.5. The Bertz CT molecular complexity index is 1030. The van der Waals surface area contributed by atoms with Crippen LogP contribution in [-0.4, -0.2) is 18.9 Å². The van der Waals surface area contributed by atoms with Gasteiger partial charge in [0.1, 0.15) is 4.90 Å². The number of hydrogen-bond donors (Lipinski definition) is 1. The highest BCUT2D eigenvalue weighted by Gasteiger charge is 2.26. The lowest BCUT2D eigenvalue weighted by Gasteiger charge is -2.12. The molecule has 4 rings (SSSR count). The number of hydrogen-bond acceptors (Lipinski definition) is 3. The minimum atomic E-state index is -3.75. The van der Waals surface area contributed by atoms with Crippen LogP contribution in [0.5, 0.6) is 0 Å². The number of aryl methyl sites for hydroxylation is 1. The van der Waals surface area contributed by atoms with Crippen molar-refractivity contribution in [2.75, 3.05) is 6.54 Å². The van der Waals surface area contributed by atoms with E-state index in [2.05, 4.69) is 5.32 Å². The Morgan fingerprint density at radius 1 is 1.12 bits per heavy atom. The molecule has 124 valence electrons. The first-order chi connectivity index (χ1) is 11.5. The molecule has 0 fully saturated rings. The number of nitrogens with one attached hydrogen (secondary N) is 1. The third kappa shape index (κ3) is 2.27. The summed E-state index contributed by atoms with van der Waals surface area (Å²) in [5, 5.41) is 4.66. The molecule has 1 aliphatic rings. The van der Waals surface area contributed by atoms with Gasteiger partial charge in [-0.25, -0.2) is 12.4 Å². The summed E-state index contributed by atoms with van der Waals surface area (Å²) in [5.74, 6) is 0. The molecule has 0 saturated carbocycles. The van der Waals surface area contributed by atoms with Gasteiger partial charge in [0, 0.05) is 18.1 Å². The van der Waals surface area contributed by atoms with Crippen molar-refractivity contribution in [2.24, 2.45) is 0 Å². The summed E-state index contributed by atoms with van der Waals surface area (Å²) < 4.78 is 28.0. The number of rotatable bonds is 2. The average Bonchev–Trinajstić information content (AvgIpc) is 2.78. The number of aromatic nitrogens is 1. The van der Waals surface area contributed by atoms with Gasteiger partial charge in [0.15, 0.2) is 0 Å². The highest BCUT2D eigenvalue weighted by Crippen LogP contribution is 2.33. The minimum Gasteiger partial charge on any atom is -0.312 e. The summed E-state index contributed by atoms with van der Waals surface area (Å²) in [6.45, 7) is 3.35. The lowest BCUT2D eigenvalue weighted by atomic mass is 10.1. The molecule has 2 aromatic carbocycles. The molecule has 2 heterocycles. The van der Waals surface area contributed by atoms with Gasteiger partial charge in [-0.1, -0.05) is 35.9 Å². The Morgan fingerprint density at radius 3 is 2.71 bits per heavy atom. The van der Waals surface area contributed by atoms with Crippen molar-refractivity contribution in [1.29, 1.82) is 0 Å². The van der Waals surface area contributed by atoms with E-state index in [1.54, 1.807) is 31.3 Å². The Morgan fingerprint density at radius 2 is 1.92 bits per heavy atom. The van der Waals surface area contributed by atoms with Crippen LogP contribution >= 0.6 is 11.6 Å². The molecular weight excluding hydrogens is 344 g/mol. The Kier molecular flexibility index (Phi) is 3.67. The van der Waals surface area contributed by atoms with Crippen molar-refractivity contribution < 1.29 is 8.42 Å². The first kappa shape index (κ1) is 15.7. The summed E-state index contributed by atoms with van der Waals surface area (Å²) in [7, 11) is -3.75. The van der Waals surface area contributed by atoms with Crippen molar-refractivity contribution in [3.8, 4) is 0 Å². The predicted molar refractivity (Wildman–Crippen MR) is 96.1 cm³/mol. The molecule has 0 radical (unpaired) electrons. The first-order valence-electron chi connectivity index (χ1n) is 7.83. The summed E-state index contributed by atoms with van der Waals surface area (Å²) in [5.41, 5.74) is 3.55. The van der Waals surface area contributed by atoms with E-state index < -0.39 is 10.0 Å². The molecule has 0 amide bonds. The minimum absolute atomic E-state index is 0.177. The van der Waals surface area contributed by atoms with Crippen LogP contribution in [0.15, 0.2) is 47.5 Å². The largest absolute Gasteiger partial charge is 0.312 e. The third-order valence-corrected chi connectivity index (χ3v) is 6.83. The van der Waals surface area contributed by atoms with Gasteiger partial charge >= 0.3 is 0 Å². The predicted octanol–water partition coefficient (Wildman–Crippen LogP) is 3.49. The van der Waals surface area contributed by atoms with Crippen LogP contribution in [0.2, 0.25) is 5.02 Å². The quantitative estimate of drug-likeness (QED) is 0.761. The maximum absolute atomic E-state index is 13.3. The zero-order valence-electron chi connectivity index (χ0n) is 13.2. The zero-order chi connectivity index (χ0) is 16.9. The summed E-state index contributed by atoms with van der Waals surface area (Å²) in [6.07, 6.45) is 2.55. The molecule has 3 aromatic rings. The van der Waals surface area contributed by atoms with Crippen LogP contribution in [-0.2, 0) is 23.0 Å². The highest BCUT2D eigenvalue weighted by molar-refractivity contribution is 7.90. The third-order valence-electron chi connectivity index (χ3n) is 4.53. The van der Waals surface area contributed by atoms with Gasteiger partial charge in [-0.15, -0.1) is 0 Å². The maximum Gasteiger partial charge on any atom is 0.269 e. The van der Waals surface area contributed by atoms with Crippen molar-refractivity contribution in [2.45, 2.75) is 24.8 Å². The van der Waals surface area contributed by atoms with E-state index in [4.69, 9.17) is 11.6 Å². The molecule has 1 N–H and O–H groups in total. The zero-order valence-corrected chi connectivity index (χ0v) is 14.8. The first-order valence-corrected chi connectivity index (χ1v) is 9.65. The molecule has 0 saturated heterocycles. The van der Waals surface area contributed by atoms with Crippen LogP contribution in [0.4, 0.5) is 0 Å². The lowest BCUT2D eigenvalue weighted by molar-refractivity contribution is 0.588. The SMILES string of the molecule is Cc1cccc(Cl)c1S(=O)(=O)n1cc2c3c(cccc31)CNCC2. The Hall–Kier alpha value is -1.82. The standard InChI is InChI=1S/C18H17ClN2O2S/c1-12-4-2-6-15(19)18(12)24(22,23)21-11-14-8-9-20-10-13-5-3-7-16(21)17(13)14/h2-7,11,20H,8-10H2,1H3. The van der Waals surface area contributed by atoms with Crippen LogP contribution in [0, 0.1) is 6.92 Å².